The number of aliphatic hydroxyl groups excluding tert-OH is 1. The van der Waals surface area contributed by atoms with Gasteiger partial charge in [0.2, 0.25) is 0 Å². The zero-order valence-corrected chi connectivity index (χ0v) is 11.6. The molecule has 0 aromatic heterocycles. The summed E-state index contributed by atoms with van der Waals surface area (Å²) in [4.78, 5) is 14.1. The number of hydrogen-bond donors (Lipinski definition) is 2. The second kappa shape index (κ2) is 4.94. The number of anilines is 1. The van der Waals surface area contributed by atoms with Crippen molar-refractivity contribution in [3.8, 4) is 0 Å². The Balaban J connectivity index is 2.46. The summed E-state index contributed by atoms with van der Waals surface area (Å²) >= 11 is 0. The Bertz CT molecular complexity index is 484. The SMILES string of the molecule is CC(C)CN1C(=O)C(O)(CC(C)O)c2ccccc21. The van der Waals surface area contributed by atoms with Gasteiger partial charge in [-0.1, -0.05) is 32.0 Å². The molecule has 1 amide bonds. The maximum atomic E-state index is 12.5. The fourth-order valence-electron chi connectivity index (χ4n) is 2.68. The van der Waals surface area contributed by atoms with E-state index in [1.54, 1.807) is 24.0 Å². The van der Waals surface area contributed by atoms with Crippen LogP contribution in [0.5, 0.6) is 0 Å². The van der Waals surface area contributed by atoms with Crippen LogP contribution in [-0.4, -0.2) is 28.8 Å². The molecule has 0 saturated carbocycles. The van der Waals surface area contributed by atoms with E-state index in [9.17, 15) is 15.0 Å². The van der Waals surface area contributed by atoms with Crippen molar-refractivity contribution in [2.45, 2.75) is 38.9 Å². The number of rotatable bonds is 4. The van der Waals surface area contributed by atoms with Gasteiger partial charge in [-0.05, 0) is 18.9 Å². The van der Waals surface area contributed by atoms with Crippen LogP contribution in [0.4, 0.5) is 5.69 Å². The predicted octanol–water partition coefficient (Wildman–Crippen LogP) is 1.65. The average Bonchev–Trinajstić information content (AvgIpc) is 2.51. The Morgan fingerprint density at radius 3 is 2.47 bits per heavy atom. The number of nitrogens with zero attached hydrogens (tertiary/aromatic N) is 1. The molecule has 2 unspecified atom stereocenters. The van der Waals surface area contributed by atoms with E-state index in [0.29, 0.717) is 18.0 Å². The summed E-state index contributed by atoms with van der Waals surface area (Å²) in [6.07, 6.45) is -0.710. The minimum Gasteiger partial charge on any atom is -0.393 e. The molecular weight excluding hydrogens is 242 g/mol. The lowest BCUT2D eigenvalue weighted by Crippen LogP contribution is -2.43. The quantitative estimate of drug-likeness (QED) is 0.868. The zero-order chi connectivity index (χ0) is 14.2. The molecule has 0 spiro atoms. The molecule has 1 aliphatic rings. The third-order valence-corrected chi connectivity index (χ3v) is 3.38. The number of carbonyl (C=O) groups is 1. The number of fused-ring (bicyclic) bond motifs is 1. The van der Waals surface area contributed by atoms with E-state index in [0.717, 1.165) is 5.69 Å². The van der Waals surface area contributed by atoms with E-state index in [2.05, 4.69) is 0 Å². The fraction of sp³-hybridized carbons (Fsp3) is 0.533. The predicted molar refractivity (Wildman–Crippen MR) is 73.8 cm³/mol. The van der Waals surface area contributed by atoms with E-state index < -0.39 is 11.7 Å². The highest BCUT2D eigenvalue weighted by Gasteiger charge is 2.49. The van der Waals surface area contributed by atoms with E-state index in [1.165, 1.54) is 0 Å². The Morgan fingerprint density at radius 2 is 1.89 bits per heavy atom. The van der Waals surface area contributed by atoms with Crippen molar-refractivity contribution in [1.82, 2.24) is 0 Å². The van der Waals surface area contributed by atoms with Crippen molar-refractivity contribution in [3.05, 3.63) is 29.8 Å². The molecule has 1 aliphatic heterocycles. The number of amides is 1. The average molecular weight is 263 g/mol. The van der Waals surface area contributed by atoms with Crippen LogP contribution < -0.4 is 4.90 Å². The van der Waals surface area contributed by atoms with Crippen LogP contribution in [0.25, 0.3) is 0 Å². The highest BCUT2D eigenvalue weighted by molar-refractivity contribution is 6.06. The molecule has 0 aliphatic carbocycles. The third-order valence-electron chi connectivity index (χ3n) is 3.38. The molecule has 0 bridgehead atoms. The Kier molecular flexibility index (Phi) is 3.65. The molecule has 0 saturated heterocycles. The van der Waals surface area contributed by atoms with Gasteiger partial charge in [0.1, 0.15) is 0 Å². The minimum atomic E-state index is -1.60. The van der Waals surface area contributed by atoms with Crippen molar-refractivity contribution in [1.29, 1.82) is 0 Å². The first-order valence-electron chi connectivity index (χ1n) is 6.68. The molecule has 2 N–H and O–H groups in total. The molecule has 2 atom stereocenters. The van der Waals surface area contributed by atoms with Crippen LogP contribution in [0, 0.1) is 5.92 Å². The van der Waals surface area contributed by atoms with Crippen molar-refractivity contribution >= 4 is 11.6 Å². The lowest BCUT2D eigenvalue weighted by Gasteiger charge is -2.25. The summed E-state index contributed by atoms with van der Waals surface area (Å²) < 4.78 is 0. The largest absolute Gasteiger partial charge is 0.393 e. The highest BCUT2D eigenvalue weighted by Crippen LogP contribution is 2.43. The molecular formula is C15H21NO3. The van der Waals surface area contributed by atoms with Crippen LogP contribution in [-0.2, 0) is 10.4 Å². The summed E-state index contributed by atoms with van der Waals surface area (Å²) in [5.41, 5.74) is -0.245. The second-order valence-corrected chi connectivity index (χ2v) is 5.74. The normalized spacial score (nSPS) is 23.9. The molecule has 0 fully saturated rings. The highest BCUT2D eigenvalue weighted by atomic mass is 16.3. The van der Waals surface area contributed by atoms with Crippen LogP contribution in [0.2, 0.25) is 0 Å². The van der Waals surface area contributed by atoms with Gasteiger partial charge in [0.05, 0.1) is 11.8 Å². The zero-order valence-electron chi connectivity index (χ0n) is 11.6. The third kappa shape index (κ3) is 2.38. The fourth-order valence-corrected chi connectivity index (χ4v) is 2.68. The van der Waals surface area contributed by atoms with Crippen molar-refractivity contribution in [3.63, 3.8) is 0 Å². The molecule has 1 aromatic rings. The maximum absolute atomic E-state index is 12.5. The van der Waals surface area contributed by atoms with E-state index in [4.69, 9.17) is 0 Å². The summed E-state index contributed by atoms with van der Waals surface area (Å²) in [6, 6.07) is 7.26. The number of hydrogen-bond acceptors (Lipinski definition) is 3. The Labute approximate surface area is 113 Å². The van der Waals surface area contributed by atoms with Crippen LogP contribution in [0.15, 0.2) is 24.3 Å². The first-order chi connectivity index (χ1) is 8.86. The van der Waals surface area contributed by atoms with Crippen LogP contribution >= 0.6 is 0 Å². The van der Waals surface area contributed by atoms with Gasteiger partial charge in [0.25, 0.3) is 5.91 Å². The Morgan fingerprint density at radius 1 is 1.26 bits per heavy atom. The summed E-state index contributed by atoms with van der Waals surface area (Å²) in [5.74, 6) is -0.0193. The first-order valence-corrected chi connectivity index (χ1v) is 6.68. The van der Waals surface area contributed by atoms with Crippen molar-refractivity contribution < 1.29 is 15.0 Å². The molecule has 4 heteroatoms. The van der Waals surface area contributed by atoms with E-state index >= 15 is 0 Å². The number of aliphatic hydroxyl groups is 2. The topological polar surface area (TPSA) is 60.8 Å². The maximum Gasteiger partial charge on any atom is 0.263 e. The van der Waals surface area contributed by atoms with Crippen molar-refractivity contribution in [2.24, 2.45) is 5.92 Å². The summed E-state index contributed by atoms with van der Waals surface area (Å²) in [6.45, 7) is 6.21. The summed E-state index contributed by atoms with van der Waals surface area (Å²) in [7, 11) is 0. The molecule has 104 valence electrons. The van der Waals surface area contributed by atoms with Crippen LogP contribution in [0.3, 0.4) is 0 Å². The number of benzene rings is 1. The molecule has 1 heterocycles. The van der Waals surface area contributed by atoms with Gasteiger partial charge < -0.3 is 15.1 Å². The summed E-state index contributed by atoms with van der Waals surface area (Å²) in [5, 5.41) is 20.3. The molecule has 19 heavy (non-hydrogen) atoms. The minimum absolute atomic E-state index is 0.0252. The van der Waals surface area contributed by atoms with Gasteiger partial charge in [0, 0.05) is 18.5 Å². The number of para-hydroxylation sites is 1. The molecule has 2 rings (SSSR count). The van der Waals surface area contributed by atoms with E-state index in [-0.39, 0.29) is 12.3 Å². The van der Waals surface area contributed by atoms with Crippen molar-refractivity contribution in [2.75, 3.05) is 11.4 Å². The van der Waals surface area contributed by atoms with Crippen LogP contribution in [0.1, 0.15) is 32.8 Å². The monoisotopic (exact) mass is 263 g/mol. The smallest absolute Gasteiger partial charge is 0.263 e. The first kappa shape index (κ1) is 14.0. The standard InChI is InChI=1S/C15H21NO3/c1-10(2)9-16-13-7-5-4-6-12(13)15(19,14(16)18)8-11(3)17/h4-7,10-11,17,19H,8-9H2,1-3H3. The van der Waals surface area contributed by atoms with Gasteiger partial charge in [-0.25, -0.2) is 0 Å². The van der Waals surface area contributed by atoms with Gasteiger partial charge in [-0.3, -0.25) is 4.79 Å². The van der Waals surface area contributed by atoms with Gasteiger partial charge in [-0.15, -0.1) is 0 Å². The lowest BCUT2D eigenvalue weighted by molar-refractivity contribution is -0.139. The van der Waals surface area contributed by atoms with Gasteiger partial charge in [-0.2, -0.15) is 0 Å². The molecule has 4 nitrogen and oxygen atoms in total. The van der Waals surface area contributed by atoms with Gasteiger partial charge >= 0.3 is 0 Å². The second-order valence-electron chi connectivity index (χ2n) is 5.74. The molecule has 1 aromatic carbocycles. The van der Waals surface area contributed by atoms with E-state index in [1.807, 2.05) is 26.0 Å². The number of carbonyl (C=O) groups excluding carboxylic acids is 1. The molecule has 0 radical (unpaired) electrons. The van der Waals surface area contributed by atoms with Gasteiger partial charge in [0.15, 0.2) is 5.60 Å². The lowest BCUT2D eigenvalue weighted by atomic mass is 9.90. The Hall–Kier alpha value is -1.39.